The van der Waals surface area contributed by atoms with Gasteiger partial charge in [0.25, 0.3) is 0 Å². The van der Waals surface area contributed by atoms with Crippen molar-refractivity contribution in [3.8, 4) is 5.75 Å². The second-order valence-electron chi connectivity index (χ2n) is 2.83. The third-order valence-electron chi connectivity index (χ3n) is 1.92. The Kier molecular flexibility index (Phi) is 2.49. The Morgan fingerprint density at radius 1 is 1.62 bits per heavy atom. The van der Waals surface area contributed by atoms with Crippen LogP contribution in [0.5, 0.6) is 5.75 Å². The quantitative estimate of drug-likeness (QED) is 0.765. The molecule has 2 nitrogen and oxygen atoms in total. The molecule has 1 saturated heterocycles. The van der Waals surface area contributed by atoms with Crippen molar-refractivity contribution < 1.29 is 9.47 Å². The summed E-state index contributed by atoms with van der Waals surface area (Å²) < 4.78 is 11.3. The Labute approximate surface area is 89.9 Å². The molecule has 1 aromatic rings. The second-order valence-corrected chi connectivity index (χ2v) is 4.12. The lowest BCUT2D eigenvalue weighted by atomic mass is 10.1. The molecule has 1 atom stereocenters. The SMILES string of the molecule is COc1c(Br)cc(Cl)cc1C1CO1. The zero-order valence-electron chi connectivity index (χ0n) is 7.01. The number of ether oxygens (including phenoxy) is 2. The zero-order valence-corrected chi connectivity index (χ0v) is 9.35. The normalized spacial score (nSPS) is 20.1. The number of rotatable bonds is 2. The van der Waals surface area contributed by atoms with Crippen molar-refractivity contribution in [3.05, 3.63) is 27.2 Å². The molecule has 70 valence electrons. The number of epoxide rings is 1. The fraction of sp³-hybridized carbons (Fsp3) is 0.333. The predicted octanol–water partition coefficient (Wildman–Crippen LogP) is 3.18. The summed E-state index contributed by atoms with van der Waals surface area (Å²) in [5, 5.41) is 0.693. The Hall–Kier alpha value is -0.250. The molecule has 0 N–H and O–H groups in total. The molecule has 0 spiro atoms. The van der Waals surface area contributed by atoms with Crippen molar-refractivity contribution >= 4 is 27.5 Å². The van der Waals surface area contributed by atoms with Crippen LogP contribution in [0.4, 0.5) is 0 Å². The van der Waals surface area contributed by atoms with E-state index < -0.39 is 0 Å². The van der Waals surface area contributed by atoms with E-state index in [1.807, 2.05) is 12.1 Å². The monoisotopic (exact) mass is 262 g/mol. The minimum atomic E-state index is 0.157. The molecule has 0 aliphatic carbocycles. The molecule has 0 aromatic heterocycles. The van der Waals surface area contributed by atoms with Gasteiger partial charge in [-0.15, -0.1) is 0 Å². The maximum Gasteiger partial charge on any atom is 0.139 e. The highest BCUT2D eigenvalue weighted by molar-refractivity contribution is 9.10. The topological polar surface area (TPSA) is 21.8 Å². The molecule has 0 bridgehead atoms. The largest absolute Gasteiger partial charge is 0.495 e. The average molecular weight is 264 g/mol. The van der Waals surface area contributed by atoms with E-state index in [9.17, 15) is 0 Å². The van der Waals surface area contributed by atoms with Crippen LogP contribution in [0.3, 0.4) is 0 Å². The standard InChI is InChI=1S/C9H8BrClO2/c1-12-9-6(8-4-13-8)2-5(11)3-7(9)10/h2-3,8H,4H2,1H3. The van der Waals surface area contributed by atoms with E-state index >= 15 is 0 Å². The summed E-state index contributed by atoms with van der Waals surface area (Å²) in [7, 11) is 1.64. The van der Waals surface area contributed by atoms with Gasteiger partial charge in [0.15, 0.2) is 0 Å². The molecule has 1 aliphatic heterocycles. The summed E-state index contributed by atoms with van der Waals surface area (Å²) >= 11 is 9.30. The first-order chi connectivity index (χ1) is 6.22. The van der Waals surface area contributed by atoms with E-state index in [0.717, 1.165) is 22.4 Å². The Balaban J connectivity index is 2.50. The Morgan fingerprint density at radius 2 is 2.31 bits per heavy atom. The van der Waals surface area contributed by atoms with Crippen LogP contribution in [0, 0.1) is 0 Å². The van der Waals surface area contributed by atoms with Crippen LogP contribution in [0.25, 0.3) is 0 Å². The third-order valence-corrected chi connectivity index (χ3v) is 2.73. The van der Waals surface area contributed by atoms with Crippen LogP contribution >= 0.6 is 27.5 Å². The van der Waals surface area contributed by atoms with Crippen LogP contribution in [-0.4, -0.2) is 13.7 Å². The summed E-state index contributed by atoms with van der Waals surface area (Å²) in [6.07, 6.45) is 0.157. The molecule has 0 amide bonds. The smallest absolute Gasteiger partial charge is 0.139 e. The minimum absolute atomic E-state index is 0.157. The number of hydrogen-bond acceptors (Lipinski definition) is 2. The maximum absolute atomic E-state index is 5.91. The van der Waals surface area contributed by atoms with Crippen molar-refractivity contribution in [1.29, 1.82) is 0 Å². The number of hydrogen-bond donors (Lipinski definition) is 0. The van der Waals surface area contributed by atoms with Gasteiger partial charge in [0.2, 0.25) is 0 Å². The van der Waals surface area contributed by atoms with E-state index in [-0.39, 0.29) is 6.10 Å². The summed E-state index contributed by atoms with van der Waals surface area (Å²) in [6, 6.07) is 3.69. The van der Waals surface area contributed by atoms with Gasteiger partial charge >= 0.3 is 0 Å². The average Bonchev–Trinajstić information content (AvgIpc) is 2.85. The van der Waals surface area contributed by atoms with Crippen molar-refractivity contribution in [2.24, 2.45) is 0 Å². The molecule has 4 heteroatoms. The highest BCUT2D eigenvalue weighted by Gasteiger charge is 2.29. The van der Waals surface area contributed by atoms with Crippen LogP contribution in [0.2, 0.25) is 5.02 Å². The van der Waals surface area contributed by atoms with Gasteiger partial charge in [-0.25, -0.2) is 0 Å². The van der Waals surface area contributed by atoms with Gasteiger partial charge in [-0.2, -0.15) is 0 Å². The molecule has 1 fully saturated rings. The lowest BCUT2D eigenvalue weighted by Gasteiger charge is -2.08. The fourth-order valence-electron chi connectivity index (χ4n) is 1.26. The fourth-order valence-corrected chi connectivity index (χ4v) is 2.26. The lowest BCUT2D eigenvalue weighted by molar-refractivity contribution is 0.381. The molecule has 1 unspecified atom stereocenters. The molecule has 0 saturated carbocycles. The van der Waals surface area contributed by atoms with Crippen molar-refractivity contribution in [3.63, 3.8) is 0 Å². The number of methoxy groups -OCH3 is 1. The Morgan fingerprint density at radius 3 is 2.85 bits per heavy atom. The summed E-state index contributed by atoms with van der Waals surface area (Å²) in [5.41, 5.74) is 1.02. The predicted molar refractivity (Wildman–Crippen MR) is 54.4 cm³/mol. The first-order valence-electron chi connectivity index (χ1n) is 3.87. The van der Waals surface area contributed by atoms with Gasteiger partial charge in [0.05, 0.1) is 18.2 Å². The summed E-state index contributed by atoms with van der Waals surface area (Å²) in [5.74, 6) is 0.812. The first-order valence-corrected chi connectivity index (χ1v) is 5.04. The highest BCUT2D eigenvalue weighted by atomic mass is 79.9. The van der Waals surface area contributed by atoms with Gasteiger partial charge < -0.3 is 9.47 Å². The molecule has 1 aliphatic rings. The summed E-state index contributed by atoms with van der Waals surface area (Å²) in [4.78, 5) is 0. The van der Waals surface area contributed by atoms with Gasteiger partial charge in [0.1, 0.15) is 11.9 Å². The van der Waals surface area contributed by atoms with Crippen LogP contribution in [-0.2, 0) is 4.74 Å². The van der Waals surface area contributed by atoms with E-state index in [1.54, 1.807) is 7.11 Å². The zero-order chi connectivity index (χ0) is 9.42. The number of benzene rings is 1. The summed E-state index contributed by atoms with van der Waals surface area (Å²) in [6.45, 7) is 0.753. The van der Waals surface area contributed by atoms with E-state index in [0.29, 0.717) is 5.02 Å². The highest BCUT2D eigenvalue weighted by Crippen LogP contribution is 2.41. The van der Waals surface area contributed by atoms with Crippen molar-refractivity contribution in [2.75, 3.05) is 13.7 Å². The van der Waals surface area contributed by atoms with Crippen molar-refractivity contribution in [1.82, 2.24) is 0 Å². The van der Waals surface area contributed by atoms with Gasteiger partial charge in [0, 0.05) is 10.6 Å². The minimum Gasteiger partial charge on any atom is -0.495 e. The molecule has 0 radical (unpaired) electrons. The first kappa shape index (κ1) is 9.31. The third kappa shape index (κ3) is 1.82. The van der Waals surface area contributed by atoms with Crippen LogP contribution < -0.4 is 4.74 Å². The molecule has 1 aromatic carbocycles. The second kappa shape index (κ2) is 3.48. The molecule has 1 heterocycles. The van der Waals surface area contributed by atoms with E-state index in [2.05, 4.69) is 15.9 Å². The Bertz CT molecular complexity index is 337. The van der Waals surface area contributed by atoms with Gasteiger partial charge in [-0.1, -0.05) is 11.6 Å². The molecular weight excluding hydrogens is 255 g/mol. The van der Waals surface area contributed by atoms with E-state index in [4.69, 9.17) is 21.1 Å². The van der Waals surface area contributed by atoms with Crippen LogP contribution in [0.1, 0.15) is 11.7 Å². The van der Waals surface area contributed by atoms with Gasteiger partial charge in [-0.05, 0) is 28.1 Å². The van der Waals surface area contributed by atoms with Gasteiger partial charge in [-0.3, -0.25) is 0 Å². The van der Waals surface area contributed by atoms with Crippen LogP contribution in [0.15, 0.2) is 16.6 Å². The molecule has 13 heavy (non-hydrogen) atoms. The molecular formula is C9H8BrClO2. The lowest BCUT2D eigenvalue weighted by Crippen LogP contribution is -1.92. The van der Waals surface area contributed by atoms with E-state index in [1.165, 1.54) is 0 Å². The maximum atomic E-state index is 5.91. The number of halogens is 2. The van der Waals surface area contributed by atoms with Crippen molar-refractivity contribution in [2.45, 2.75) is 6.10 Å². The molecule has 2 rings (SSSR count).